The minimum absolute atomic E-state index is 0.220. The standard InChI is InChI=1S/C19H23N3O2/c1-21-12-15-16(20-21)11-14-8-9-17(15)22(14)19(23)10-7-13-5-3-4-6-18(13)24-2/h3-6,12,14,17H,7-11H2,1-2H3/t14-,17+/m1/s1. The van der Waals surface area contributed by atoms with Crippen molar-refractivity contribution in [3.05, 3.63) is 47.3 Å². The first kappa shape index (κ1) is 15.2. The number of rotatable bonds is 4. The molecule has 2 aliphatic rings. The Morgan fingerprint density at radius 3 is 3.00 bits per heavy atom. The largest absolute Gasteiger partial charge is 0.496 e. The quantitative estimate of drug-likeness (QED) is 0.868. The van der Waals surface area contributed by atoms with Crippen LogP contribution in [-0.2, 0) is 24.7 Å². The number of nitrogens with zero attached hydrogens (tertiary/aromatic N) is 3. The van der Waals surface area contributed by atoms with E-state index < -0.39 is 0 Å². The zero-order valence-electron chi connectivity index (χ0n) is 14.2. The number of amides is 1. The zero-order chi connectivity index (χ0) is 16.7. The summed E-state index contributed by atoms with van der Waals surface area (Å²) >= 11 is 0. The molecule has 2 aromatic rings. The summed E-state index contributed by atoms with van der Waals surface area (Å²) in [5.74, 6) is 1.12. The van der Waals surface area contributed by atoms with Crippen molar-refractivity contribution in [3.63, 3.8) is 0 Å². The molecule has 5 nitrogen and oxygen atoms in total. The van der Waals surface area contributed by atoms with Gasteiger partial charge in [0.2, 0.25) is 5.91 Å². The Labute approximate surface area is 142 Å². The van der Waals surface area contributed by atoms with Crippen molar-refractivity contribution in [1.29, 1.82) is 0 Å². The summed E-state index contributed by atoms with van der Waals surface area (Å²) in [5, 5.41) is 4.56. The molecule has 2 aliphatic heterocycles. The molecule has 1 saturated heterocycles. The summed E-state index contributed by atoms with van der Waals surface area (Å²) in [6, 6.07) is 8.48. The van der Waals surface area contributed by atoms with Gasteiger partial charge in [0, 0.05) is 37.7 Å². The molecule has 24 heavy (non-hydrogen) atoms. The first-order valence-corrected chi connectivity index (χ1v) is 8.63. The number of carbonyl (C=O) groups is 1. The highest BCUT2D eigenvalue weighted by Gasteiger charge is 2.43. The lowest BCUT2D eigenvalue weighted by Crippen LogP contribution is -2.41. The highest BCUT2D eigenvalue weighted by Crippen LogP contribution is 2.43. The van der Waals surface area contributed by atoms with Gasteiger partial charge in [0.05, 0.1) is 18.8 Å². The molecule has 1 aromatic carbocycles. The van der Waals surface area contributed by atoms with Crippen molar-refractivity contribution in [2.45, 2.75) is 44.2 Å². The van der Waals surface area contributed by atoms with E-state index in [1.54, 1.807) is 7.11 Å². The summed E-state index contributed by atoms with van der Waals surface area (Å²) in [6.45, 7) is 0. The van der Waals surface area contributed by atoms with Gasteiger partial charge in [-0.1, -0.05) is 18.2 Å². The van der Waals surface area contributed by atoms with Gasteiger partial charge in [0.15, 0.2) is 0 Å². The highest BCUT2D eigenvalue weighted by atomic mass is 16.5. The molecule has 5 heteroatoms. The van der Waals surface area contributed by atoms with Crippen LogP contribution < -0.4 is 4.74 Å². The van der Waals surface area contributed by atoms with Gasteiger partial charge >= 0.3 is 0 Å². The molecule has 4 rings (SSSR count). The molecule has 0 unspecified atom stereocenters. The second-order valence-electron chi connectivity index (χ2n) is 6.77. The van der Waals surface area contributed by atoms with Gasteiger partial charge in [-0.05, 0) is 30.9 Å². The third-order valence-electron chi connectivity index (χ3n) is 5.32. The van der Waals surface area contributed by atoms with Crippen LogP contribution in [0.25, 0.3) is 0 Å². The minimum Gasteiger partial charge on any atom is -0.496 e. The highest BCUT2D eigenvalue weighted by molar-refractivity contribution is 5.78. The third-order valence-corrected chi connectivity index (χ3v) is 5.32. The van der Waals surface area contributed by atoms with Crippen molar-refractivity contribution in [2.75, 3.05) is 7.11 Å². The van der Waals surface area contributed by atoms with Crippen LogP contribution in [0.1, 0.15) is 42.1 Å². The number of aryl methyl sites for hydroxylation is 2. The number of hydrogen-bond acceptors (Lipinski definition) is 3. The molecule has 0 saturated carbocycles. The first-order valence-electron chi connectivity index (χ1n) is 8.63. The summed E-state index contributed by atoms with van der Waals surface area (Å²) in [5.41, 5.74) is 3.52. The Morgan fingerprint density at radius 2 is 2.17 bits per heavy atom. The Kier molecular flexibility index (Phi) is 3.79. The molecule has 2 bridgehead atoms. The maximum absolute atomic E-state index is 12.9. The molecule has 3 heterocycles. The van der Waals surface area contributed by atoms with Gasteiger partial charge in [-0.2, -0.15) is 5.10 Å². The fraction of sp³-hybridized carbons (Fsp3) is 0.474. The van der Waals surface area contributed by atoms with Gasteiger partial charge in [0.25, 0.3) is 0 Å². The van der Waals surface area contributed by atoms with Crippen LogP contribution in [0.3, 0.4) is 0 Å². The Bertz CT molecular complexity index is 768. The molecule has 1 aromatic heterocycles. The van der Waals surface area contributed by atoms with Crippen molar-refractivity contribution >= 4 is 5.91 Å². The molecule has 1 amide bonds. The maximum atomic E-state index is 12.9. The maximum Gasteiger partial charge on any atom is 0.223 e. The second kappa shape index (κ2) is 5.96. The molecule has 0 spiro atoms. The number of benzene rings is 1. The van der Waals surface area contributed by atoms with Crippen molar-refractivity contribution in [2.24, 2.45) is 7.05 Å². The van der Waals surface area contributed by atoms with Crippen molar-refractivity contribution in [3.8, 4) is 5.75 Å². The van der Waals surface area contributed by atoms with Crippen LogP contribution in [0.2, 0.25) is 0 Å². The number of ether oxygens (including phenoxy) is 1. The van der Waals surface area contributed by atoms with Crippen LogP contribution in [-0.4, -0.2) is 33.7 Å². The number of hydrogen-bond donors (Lipinski definition) is 0. The van der Waals surface area contributed by atoms with Crippen LogP contribution in [0.15, 0.2) is 30.5 Å². The van der Waals surface area contributed by atoms with E-state index in [1.165, 1.54) is 11.3 Å². The molecular weight excluding hydrogens is 302 g/mol. The second-order valence-corrected chi connectivity index (χ2v) is 6.77. The van der Waals surface area contributed by atoms with E-state index in [2.05, 4.69) is 16.2 Å². The molecule has 0 N–H and O–H groups in total. The average Bonchev–Trinajstić information content (AvgIpc) is 3.13. The van der Waals surface area contributed by atoms with E-state index >= 15 is 0 Å². The SMILES string of the molecule is COc1ccccc1CCC(=O)N1[C@@H]2CC[C@H]1c1cn(C)nc1C2. The molecule has 1 fully saturated rings. The van der Waals surface area contributed by atoms with Crippen LogP contribution >= 0.6 is 0 Å². The van der Waals surface area contributed by atoms with E-state index in [-0.39, 0.29) is 11.9 Å². The van der Waals surface area contributed by atoms with Crippen LogP contribution in [0.5, 0.6) is 5.75 Å². The Hall–Kier alpha value is -2.30. The van der Waals surface area contributed by atoms with E-state index in [0.717, 1.165) is 37.0 Å². The van der Waals surface area contributed by atoms with E-state index in [4.69, 9.17) is 4.74 Å². The molecule has 0 aliphatic carbocycles. The van der Waals surface area contributed by atoms with Gasteiger partial charge in [-0.25, -0.2) is 0 Å². The van der Waals surface area contributed by atoms with Gasteiger partial charge in [0.1, 0.15) is 5.75 Å². The van der Waals surface area contributed by atoms with E-state index in [9.17, 15) is 4.79 Å². The summed E-state index contributed by atoms with van der Waals surface area (Å²) in [7, 11) is 3.63. The topological polar surface area (TPSA) is 47.4 Å². The van der Waals surface area contributed by atoms with Crippen LogP contribution in [0.4, 0.5) is 0 Å². The molecular formula is C19H23N3O2. The predicted molar refractivity (Wildman–Crippen MR) is 90.8 cm³/mol. The minimum atomic E-state index is 0.220. The number of methoxy groups -OCH3 is 1. The molecule has 2 atom stereocenters. The summed E-state index contributed by atoms with van der Waals surface area (Å²) < 4.78 is 7.27. The number of para-hydroxylation sites is 1. The fourth-order valence-corrected chi connectivity index (χ4v) is 4.26. The lowest BCUT2D eigenvalue weighted by atomic mass is 9.99. The third kappa shape index (κ3) is 2.48. The lowest BCUT2D eigenvalue weighted by molar-refractivity contribution is -0.134. The lowest BCUT2D eigenvalue weighted by Gasteiger charge is -2.34. The number of aromatic nitrogens is 2. The monoisotopic (exact) mass is 325 g/mol. The van der Waals surface area contributed by atoms with Gasteiger partial charge < -0.3 is 9.64 Å². The normalized spacial score (nSPS) is 21.7. The fourth-order valence-electron chi connectivity index (χ4n) is 4.26. The van der Waals surface area contributed by atoms with Crippen molar-refractivity contribution < 1.29 is 9.53 Å². The number of carbonyl (C=O) groups excluding carboxylic acids is 1. The summed E-state index contributed by atoms with van der Waals surface area (Å²) in [6.07, 6.45) is 6.38. The first-order chi connectivity index (χ1) is 11.7. The van der Waals surface area contributed by atoms with E-state index in [0.29, 0.717) is 12.5 Å². The molecule has 0 radical (unpaired) electrons. The average molecular weight is 325 g/mol. The van der Waals surface area contributed by atoms with Crippen LogP contribution in [0, 0.1) is 0 Å². The van der Waals surface area contributed by atoms with Crippen molar-refractivity contribution in [1.82, 2.24) is 14.7 Å². The van der Waals surface area contributed by atoms with Gasteiger partial charge in [-0.3, -0.25) is 9.48 Å². The smallest absolute Gasteiger partial charge is 0.223 e. The van der Waals surface area contributed by atoms with E-state index in [1.807, 2.05) is 36.0 Å². The Balaban J connectivity index is 1.49. The number of fused-ring (bicyclic) bond motifs is 4. The molecule has 126 valence electrons. The summed E-state index contributed by atoms with van der Waals surface area (Å²) in [4.78, 5) is 15.0. The Morgan fingerprint density at radius 1 is 1.33 bits per heavy atom. The zero-order valence-corrected chi connectivity index (χ0v) is 14.2. The predicted octanol–water partition coefficient (Wildman–Crippen LogP) is 2.65. The van der Waals surface area contributed by atoms with Gasteiger partial charge in [-0.15, -0.1) is 0 Å².